The van der Waals surface area contributed by atoms with Crippen LogP contribution < -0.4 is 10.1 Å². The van der Waals surface area contributed by atoms with Gasteiger partial charge < -0.3 is 10.1 Å². The van der Waals surface area contributed by atoms with E-state index in [-0.39, 0.29) is 24.3 Å². The highest BCUT2D eigenvalue weighted by molar-refractivity contribution is 6.00. The van der Waals surface area contributed by atoms with E-state index >= 15 is 0 Å². The second-order valence-electron chi connectivity index (χ2n) is 6.71. The largest absolute Gasteiger partial charge is 0.573 e. The van der Waals surface area contributed by atoms with Crippen molar-refractivity contribution in [3.8, 4) is 5.75 Å². The lowest BCUT2D eigenvalue weighted by atomic mass is 9.89. The lowest BCUT2D eigenvalue weighted by molar-refractivity contribution is -0.274. The molecule has 1 aliphatic rings. The fraction of sp³-hybridized carbons (Fsp3) is 0.333. The second kappa shape index (κ2) is 8.46. The van der Waals surface area contributed by atoms with Crippen molar-refractivity contribution in [3.05, 3.63) is 59.2 Å². The van der Waals surface area contributed by atoms with E-state index in [0.29, 0.717) is 5.56 Å². The first-order valence-corrected chi connectivity index (χ1v) is 9.11. The van der Waals surface area contributed by atoms with Gasteiger partial charge in [-0.15, -0.1) is 13.2 Å². The summed E-state index contributed by atoms with van der Waals surface area (Å²) in [7, 11) is 0. The lowest BCUT2D eigenvalue weighted by Crippen LogP contribution is -2.19. The molecule has 7 heteroatoms. The summed E-state index contributed by atoms with van der Waals surface area (Å²) in [6, 6.07) is 10.9. The van der Waals surface area contributed by atoms with Crippen LogP contribution in [0.2, 0.25) is 0 Å². The summed E-state index contributed by atoms with van der Waals surface area (Å²) >= 11 is 0. The van der Waals surface area contributed by atoms with Crippen LogP contribution in [0.25, 0.3) is 0 Å². The molecule has 28 heavy (non-hydrogen) atoms. The SMILES string of the molecule is O=C(CCC(=O)c1ccc2c(c1)CCCC2)Nc1ccccc1OC(F)(F)F. The van der Waals surface area contributed by atoms with Gasteiger partial charge in [-0.2, -0.15) is 0 Å². The number of halogens is 3. The molecule has 148 valence electrons. The fourth-order valence-electron chi connectivity index (χ4n) is 3.27. The number of carbonyl (C=O) groups is 2. The van der Waals surface area contributed by atoms with Crippen molar-refractivity contribution >= 4 is 17.4 Å². The molecule has 2 aromatic carbocycles. The Kier molecular flexibility index (Phi) is 6.02. The molecule has 0 fully saturated rings. The third kappa shape index (κ3) is 5.34. The van der Waals surface area contributed by atoms with Crippen LogP contribution in [0.1, 0.15) is 47.2 Å². The molecule has 2 aromatic rings. The maximum atomic E-state index is 12.4. The smallest absolute Gasteiger partial charge is 0.404 e. The summed E-state index contributed by atoms with van der Waals surface area (Å²) in [6.07, 6.45) is -0.780. The number of aryl methyl sites for hydroxylation is 2. The zero-order valence-corrected chi connectivity index (χ0v) is 15.1. The molecule has 0 saturated carbocycles. The van der Waals surface area contributed by atoms with E-state index in [0.717, 1.165) is 31.7 Å². The minimum atomic E-state index is -4.86. The zero-order chi connectivity index (χ0) is 20.1. The summed E-state index contributed by atoms with van der Waals surface area (Å²) in [5.41, 5.74) is 2.92. The Labute approximate surface area is 160 Å². The van der Waals surface area contributed by atoms with Crippen molar-refractivity contribution in [1.29, 1.82) is 0 Å². The van der Waals surface area contributed by atoms with Gasteiger partial charge in [0.15, 0.2) is 11.5 Å². The van der Waals surface area contributed by atoms with E-state index in [4.69, 9.17) is 0 Å². The van der Waals surface area contributed by atoms with Crippen molar-refractivity contribution in [3.63, 3.8) is 0 Å². The lowest BCUT2D eigenvalue weighted by Gasteiger charge is -2.16. The highest BCUT2D eigenvalue weighted by atomic mass is 19.4. The Bertz CT molecular complexity index is 877. The summed E-state index contributed by atoms with van der Waals surface area (Å²) < 4.78 is 41.2. The number of benzene rings is 2. The van der Waals surface area contributed by atoms with Gasteiger partial charge in [-0.05, 0) is 55.0 Å². The van der Waals surface area contributed by atoms with E-state index in [2.05, 4.69) is 10.1 Å². The predicted molar refractivity (Wildman–Crippen MR) is 98.4 cm³/mol. The summed E-state index contributed by atoms with van der Waals surface area (Å²) in [6.45, 7) is 0. The average Bonchev–Trinajstić information content (AvgIpc) is 2.66. The Morgan fingerprint density at radius 2 is 1.68 bits per heavy atom. The van der Waals surface area contributed by atoms with Gasteiger partial charge in [-0.25, -0.2) is 0 Å². The van der Waals surface area contributed by atoms with Crippen LogP contribution in [0.3, 0.4) is 0 Å². The Hall–Kier alpha value is -2.83. The molecular formula is C21H20F3NO3. The average molecular weight is 391 g/mol. The Morgan fingerprint density at radius 1 is 0.964 bits per heavy atom. The highest BCUT2D eigenvalue weighted by Gasteiger charge is 2.32. The number of hydrogen-bond donors (Lipinski definition) is 1. The quantitative estimate of drug-likeness (QED) is 0.700. The number of nitrogens with one attached hydrogen (secondary N) is 1. The molecule has 1 N–H and O–H groups in total. The molecule has 0 aromatic heterocycles. The number of carbonyl (C=O) groups excluding carboxylic acids is 2. The van der Waals surface area contributed by atoms with E-state index < -0.39 is 18.0 Å². The monoisotopic (exact) mass is 391 g/mol. The van der Waals surface area contributed by atoms with E-state index in [1.54, 1.807) is 6.07 Å². The van der Waals surface area contributed by atoms with Gasteiger partial charge in [-0.3, -0.25) is 9.59 Å². The molecule has 4 nitrogen and oxygen atoms in total. The number of hydrogen-bond acceptors (Lipinski definition) is 3. The van der Waals surface area contributed by atoms with Crippen LogP contribution in [0.15, 0.2) is 42.5 Å². The van der Waals surface area contributed by atoms with Crippen molar-refractivity contribution < 1.29 is 27.5 Å². The van der Waals surface area contributed by atoms with E-state index in [1.165, 1.54) is 29.3 Å². The van der Waals surface area contributed by atoms with Crippen LogP contribution in [0.4, 0.5) is 18.9 Å². The van der Waals surface area contributed by atoms with Crippen LogP contribution in [0.5, 0.6) is 5.75 Å². The third-order valence-corrected chi connectivity index (χ3v) is 4.64. The molecule has 1 amide bonds. The Morgan fingerprint density at radius 3 is 2.43 bits per heavy atom. The first kappa shape index (κ1) is 19.9. The van der Waals surface area contributed by atoms with Crippen LogP contribution in [0, 0.1) is 0 Å². The van der Waals surface area contributed by atoms with Gasteiger partial charge in [0.25, 0.3) is 0 Å². The number of Topliss-reactive ketones (excluding diaryl/α,β-unsaturated/α-hetero) is 1. The molecule has 0 saturated heterocycles. The first-order valence-electron chi connectivity index (χ1n) is 9.11. The van der Waals surface area contributed by atoms with Crippen molar-refractivity contribution in [2.75, 3.05) is 5.32 Å². The first-order chi connectivity index (χ1) is 13.3. The number of ether oxygens (including phenoxy) is 1. The van der Waals surface area contributed by atoms with Gasteiger partial charge in [-0.1, -0.05) is 24.3 Å². The molecule has 0 heterocycles. The second-order valence-corrected chi connectivity index (χ2v) is 6.71. The molecule has 3 rings (SSSR count). The van der Waals surface area contributed by atoms with Crippen molar-refractivity contribution in [2.45, 2.75) is 44.9 Å². The van der Waals surface area contributed by atoms with Crippen molar-refractivity contribution in [2.24, 2.45) is 0 Å². The number of rotatable bonds is 6. The van der Waals surface area contributed by atoms with E-state index in [9.17, 15) is 22.8 Å². The number of alkyl halides is 3. The number of ketones is 1. The van der Waals surface area contributed by atoms with Crippen molar-refractivity contribution in [1.82, 2.24) is 0 Å². The Balaban J connectivity index is 1.58. The molecule has 0 bridgehead atoms. The van der Waals surface area contributed by atoms with Gasteiger partial charge in [0, 0.05) is 18.4 Å². The van der Waals surface area contributed by atoms with E-state index in [1.807, 2.05) is 12.1 Å². The molecule has 0 radical (unpaired) electrons. The maximum absolute atomic E-state index is 12.4. The summed E-state index contributed by atoms with van der Waals surface area (Å²) in [5.74, 6) is -1.21. The van der Waals surface area contributed by atoms with Crippen LogP contribution >= 0.6 is 0 Å². The summed E-state index contributed by atoms with van der Waals surface area (Å²) in [4.78, 5) is 24.5. The molecular weight excluding hydrogens is 371 g/mol. The van der Waals surface area contributed by atoms with Gasteiger partial charge in [0.05, 0.1) is 5.69 Å². The van der Waals surface area contributed by atoms with Gasteiger partial charge >= 0.3 is 6.36 Å². The molecule has 0 aliphatic heterocycles. The topological polar surface area (TPSA) is 55.4 Å². The van der Waals surface area contributed by atoms with Crippen LogP contribution in [-0.2, 0) is 17.6 Å². The predicted octanol–water partition coefficient (Wildman–Crippen LogP) is 5.07. The molecule has 0 unspecified atom stereocenters. The maximum Gasteiger partial charge on any atom is 0.573 e. The number of amides is 1. The van der Waals surface area contributed by atoms with Crippen LogP contribution in [-0.4, -0.2) is 18.1 Å². The third-order valence-electron chi connectivity index (χ3n) is 4.64. The highest BCUT2D eigenvalue weighted by Crippen LogP contribution is 2.30. The fourth-order valence-corrected chi connectivity index (χ4v) is 3.27. The van der Waals surface area contributed by atoms with Gasteiger partial charge in [0.1, 0.15) is 0 Å². The van der Waals surface area contributed by atoms with Gasteiger partial charge in [0.2, 0.25) is 5.91 Å². The minimum absolute atomic E-state index is 0.0209. The summed E-state index contributed by atoms with van der Waals surface area (Å²) in [5, 5.41) is 2.37. The molecule has 0 spiro atoms. The standard InChI is InChI=1S/C21H20F3NO3/c22-21(23,24)28-19-8-4-3-7-17(19)25-20(27)12-11-18(26)16-10-9-14-5-1-2-6-15(14)13-16/h3-4,7-10,13H,1-2,5-6,11-12H2,(H,25,27). The minimum Gasteiger partial charge on any atom is -0.404 e. The number of para-hydroxylation sites is 2. The normalized spacial score (nSPS) is 13.5. The number of anilines is 1. The zero-order valence-electron chi connectivity index (χ0n) is 15.1. The number of fused-ring (bicyclic) bond motifs is 1. The molecule has 1 aliphatic carbocycles. The molecule has 0 atom stereocenters.